The lowest BCUT2D eigenvalue weighted by Gasteiger charge is -2.01. The molecule has 1 aromatic rings. The quantitative estimate of drug-likeness (QED) is 0.441. The Labute approximate surface area is 80.9 Å². The molecule has 0 saturated heterocycles. The van der Waals surface area contributed by atoms with Crippen LogP contribution in [0.5, 0.6) is 0 Å². The lowest BCUT2D eigenvalue weighted by Crippen LogP contribution is -2.12. The van der Waals surface area contributed by atoms with Crippen molar-refractivity contribution in [3.8, 4) is 0 Å². The lowest BCUT2D eigenvalue weighted by atomic mass is 10.1. The summed E-state index contributed by atoms with van der Waals surface area (Å²) in [5, 5.41) is 2.34. The van der Waals surface area contributed by atoms with Crippen LogP contribution < -0.4 is 5.32 Å². The van der Waals surface area contributed by atoms with E-state index in [0.29, 0.717) is 11.3 Å². The number of aldehydes is 1. The Bertz CT molecular complexity index is 367. The monoisotopic (exact) mass is 191 g/mol. The van der Waals surface area contributed by atoms with Crippen LogP contribution in [-0.2, 0) is 9.59 Å². The summed E-state index contributed by atoms with van der Waals surface area (Å²) in [5.41, 5.74) is 1.06. The first-order valence-corrected chi connectivity index (χ1v) is 4.00. The van der Waals surface area contributed by atoms with Crippen LogP contribution in [0.3, 0.4) is 0 Å². The minimum atomic E-state index is -0.708. The summed E-state index contributed by atoms with van der Waals surface area (Å²) in [6.07, 6.45) is 0.193. The molecule has 0 aliphatic carbocycles. The van der Waals surface area contributed by atoms with Gasteiger partial charge in [-0.05, 0) is 31.2 Å². The highest BCUT2D eigenvalue weighted by atomic mass is 16.2. The lowest BCUT2D eigenvalue weighted by molar-refractivity contribution is -0.127. The maximum absolute atomic E-state index is 10.9. The van der Waals surface area contributed by atoms with E-state index in [2.05, 4.69) is 5.32 Å². The molecule has 0 aliphatic rings. The Balaban J connectivity index is 2.78. The number of hydrogen-bond acceptors (Lipinski definition) is 3. The van der Waals surface area contributed by atoms with Crippen molar-refractivity contribution in [1.82, 2.24) is 0 Å². The summed E-state index contributed by atoms with van der Waals surface area (Å²) in [4.78, 5) is 31.6. The highest BCUT2D eigenvalue weighted by Gasteiger charge is 2.01. The van der Waals surface area contributed by atoms with Gasteiger partial charge in [0.05, 0.1) is 0 Å². The van der Waals surface area contributed by atoms with Crippen molar-refractivity contribution in [2.24, 2.45) is 0 Å². The van der Waals surface area contributed by atoms with Gasteiger partial charge in [0.25, 0.3) is 5.91 Å². The molecule has 0 fully saturated rings. The molecule has 4 heteroatoms. The molecule has 4 nitrogen and oxygen atoms in total. The van der Waals surface area contributed by atoms with E-state index in [4.69, 9.17) is 0 Å². The molecule has 0 heterocycles. The van der Waals surface area contributed by atoms with E-state index in [-0.39, 0.29) is 12.1 Å². The van der Waals surface area contributed by atoms with E-state index >= 15 is 0 Å². The van der Waals surface area contributed by atoms with Crippen molar-refractivity contribution in [1.29, 1.82) is 0 Å². The standard InChI is InChI=1S/C10H9NO3/c1-7(13)8-2-4-9(5-3-8)11-10(14)6-12/h2-6H,1H3,(H,11,14). The first-order valence-electron chi connectivity index (χ1n) is 4.00. The predicted octanol–water partition coefficient (Wildman–Crippen LogP) is 1.03. The number of anilines is 1. The number of carbonyl (C=O) groups excluding carboxylic acids is 3. The normalized spacial score (nSPS) is 9.21. The molecular formula is C10H9NO3. The van der Waals surface area contributed by atoms with Gasteiger partial charge in [0, 0.05) is 11.3 Å². The number of Topliss-reactive ketones (excluding diaryl/α,β-unsaturated/α-hetero) is 1. The van der Waals surface area contributed by atoms with Crippen LogP contribution in [0.1, 0.15) is 17.3 Å². The molecule has 14 heavy (non-hydrogen) atoms. The molecule has 1 aromatic carbocycles. The first kappa shape index (κ1) is 10.1. The molecule has 0 aliphatic heterocycles. The van der Waals surface area contributed by atoms with Crippen molar-refractivity contribution in [3.63, 3.8) is 0 Å². The molecule has 0 spiro atoms. The molecular weight excluding hydrogens is 182 g/mol. The number of carbonyl (C=O) groups is 3. The summed E-state index contributed by atoms with van der Waals surface area (Å²) in [6, 6.07) is 6.31. The van der Waals surface area contributed by atoms with Crippen molar-refractivity contribution in [3.05, 3.63) is 29.8 Å². The molecule has 0 bridgehead atoms. The van der Waals surface area contributed by atoms with Crippen LogP contribution in [-0.4, -0.2) is 18.0 Å². The summed E-state index contributed by atoms with van der Waals surface area (Å²) in [7, 11) is 0. The molecule has 1 rings (SSSR count). The molecule has 72 valence electrons. The molecule has 0 unspecified atom stereocenters. The smallest absolute Gasteiger partial charge is 0.288 e. The molecule has 0 radical (unpaired) electrons. The minimum absolute atomic E-state index is 0.0433. The third-order valence-corrected chi connectivity index (χ3v) is 1.67. The summed E-state index contributed by atoms with van der Waals surface area (Å²) < 4.78 is 0. The van der Waals surface area contributed by atoms with E-state index in [1.54, 1.807) is 24.3 Å². The largest absolute Gasteiger partial charge is 0.320 e. The van der Waals surface area contributed by atoms with Gasteiger partial charge in [0.15, 0.2) is 5.78 Å². The number of hydrogen-bond donors (Lipinski definition) is 1. The predicted molar refractivity (Wildman–Crippen MR) is 51.1 cm³/mol. The third kappa shape index (κ3) is 2.52. The average molecular weight is 191 g/mol. The van der Waals surface area contributed by atoms with E-state index in [1.807, 2.05) is 0 Å². The van der Waals surface area contributed by atoms with Gasteiger partial charge in [-0.2, -0.15) is 0 Å². The van der Waals surface area contributed by atoms with Crippen LogP contribution in [0.15, 0.2) is 24.3 Å². The zero-order valence-electron chi connectivity index (χ0n) is 7.61. The number of rotatable bonds is 3. The Morgan fingerprint density at radius 1 is 1.21 bits per heavy atom. The molecule has 0 aromatic heterocycles. The number of benzene rings is 1. The maximum Gasteiger partial charge on any atom is 0.288 e. The summed E-state index contributed by atoms with van der Waals surface area (Å²) in [5.74, 6) is -0.751. The molecule has 0 saturated carbocycles. The SMILES string of the molecule is CC(=O)c1ccc(NC(=O)C=O)cc1. The fourth-order valence-corrected chi connectivity index (χ4v) is 0.960. The van der Waals surface area contributed by atoms with Gasteiger partial charge in [0.1, 0.15) is 0 Å². The van der Waals surface area contributed by atoms with Gasteiger partial charge >= 0.3 is 0 Å². The fourth-order valence-electron chi connectivity index (χ4n) is 0.960. The summed E-state index contributed by atoms with van der Waals surface area (Å²) in [6.45, 7) is 1.46. The maximum atomic E-state index is 10.9. The van der Waals surface area contributed by atoms with Crippen LogP contribution in [0.4, 0.5) is 5.69 Å². The number of nitrogens with one attached hydrogen (secondary N) is 1. The second kappa shape index (κ2) is 4.32. The highest BCUT2D eigenvalue weighted by Crippen LogP contribution is 2.09. The highest BCUT2D eigenvalue weighted by molar-refractivity contribution is 6.29. The van der Waals surface area contributed by atoms with Crippen molar-refractivity contribution >= 4 is 23.7 Å². The van der Waals surface area contributed by atoms with E-state index < -0.39 is 5.91 Å². The Hall–Kier alpha value is -1.97. The minimum Gasteiger partial charge on any atom is -0.320 e. The molecule has 1 amide bonds. The van der Waals surface area contributed by atoms with Gasteiger partial charge in [-0.25, -0.2) is 0 Å². The van der Waals surface area contributed by atoms with Crippen LogP contribution in [0, 0.1) is 0 Å². The van der Waals surface area contributed by atoms with Gasteiger partial charge in [-0.3, -0.25) is 14.4 Å². The van der Waals surface area contributed by atoms with Crippen LogP contribution >= 0.6 is 0 Å². The zero-order valence-corrected chi connectivity index (χ0v) is 7.61. The molecule has 1 N–H and O–H groups in total. The van der Waals surface area contributed by atoms with E-state index in [0.717, 1.165) is 0 Å². The second-order valence-electron chi connectivity index (χ2n) is 2.74. The van der Waals surface area contributed by atoms with E-state index in [9.17, 15) is 14.4 Å². The van der Waals surface area contributed by atoms with Crippen LogP contribution in [0.25, 0.3) is 0 Å². The average Bonchev–Trinajstić information content (AvgIpc) is 2.18. The first-order chi connectivity index (χ1) is 6.63. The van der Waals surface area contributed by atoms with Gasteiger partial charge in [0.2, 0.25) is 6.29 Å². The van der Waals surface area contributed by atoms with Crippen LogP contribution in [0.2, 0.25) is 0 Å². The molecule has 0 atom stereocenters. The Kier molecular flexibility index (Phi) is 3.12. The second-order valence-corrected chi connectivity index (χ2v) is 2.74. The summed E-state index contributed by atoms with van der Waals surface area (Å²) >= 11 is 0. The van der Waals surface area contributed by atoms with Gasteiger partial charge in [-0.1, -0.05) is 0 Å². The van der Waals surface area contributed by atoms with Gasteiger partial charge < -0.3 is 5.32 Å². The number of ketones is 1. The zero-order chi connectivity index (χ0) is 10.6. The topological polar surface area (TPSA) is 63.2 Å². The van der Waals surface area contributed by atoms with Crippen molar-refractivity contribution < 1.29 is 14.4 Å². The Morgan fingerprint density at radius 3 is 2.21 bits per heavy atom. The van der Waals surface area contributed by atoms with Crippen molar-refractivity contribution in [2.45, 2.75) is 6.92 Å². The van der Waals surface area contributed by atoms with Gasteiger partial charge in [-0.15, -0.1) is 0 Å². The third-order valence-electron chi connectivity index (χ3n) is 1.67. The fraction of sp³-hybridized carbons (Fsp3) is 0.100. The Morgan fingerprint density at radius 2 is 1.79 bits per heavy atom. The number of amides is 1. The van der Waals surface area contributed by atoms with Crippen molar-refractivity contribution in [2.75, 3.05) is 5.32 Å². The van der Waals surface area contributed by atoms with E-state index in [1.165, 1.54) is 6.92 Å².